The number of rotatable bonds is 5. The van der Waals surface area contributed by atoms with E-state index in [1.165, 1.54) is 19.3 Å². The lowest BCUT2D eigenvalue weighted by Gasteiger charge is -2.05. The molecule has 3 aromatic rings. The first-order valence-corrected chi connectivity index (χ1v) is 11.9. The van der Waals surface area contributed by atoms with Gasteiger partial charge in [0.05, 0.1) is 17.6 Å². The number of hydrogen-bond acceptors (Lipinski definition) is 5. The third-order valence-corrected chi connectivity index (χ3v) is 7.20. The van der Waals surface area contributed by atoms with Gasteiger partial charge in [-0.05, 0) is 67.6 Å². The molecule has 1 N–H and O–H groups in total. The quantitative estimate of drug-likeness (QED) is 0.382. The van der Waals surface area contributed by atoms with Gasteiger partial charge >= 0.3 is 27.2 Å². The highest BCUT2D eigenvalue weighted by molar-refractivity contribution is 7.85. The Hall–Kier alpha value is -2.43. The van der Waals surface area contributed by atoms with Gasteiger partial charge in [-0.2, -0.15) is 0 Å². The van der Waals surface area contributed by atoms with Crippen LogP contribution in [0.1, 0.15) is 15.9 Å². The highest BCUT2D eigenvalue weighted by atomic mass is 127. The molecule has 0 spiro atoms. The largest absolute Gasteiger partial charge is 0.744 e. The third-order valence-electron chi connectivity index (χ3n) is 3.67. The second-order valence-electron chi connectivity index (χ2n) is 5.83. The molecule has 0 saturated heterocycles. The van der Waals surface area contributed by atoms with Crippen molar-refractivity contribution in [2.45, 2.75) is 11.8 Å². The second kappa shape index (κ2) is 10.4. The number of carboxylic acids is 1. The van der Waals surface area contributed by atoms with Crippen LogP contribution >= 0.6 is 0 Å². The van der Waals surface area contributed by atoms with Crippen molar-refractivity contribution in [3.63, 3.8) is 0 Å². The Balaban J connectivity index is 0.000000234. The lowest BCUT2D eigenvalue weighted by atomic mass is 10.2. The molecular formula is C21H19IO6S. The molecule has 29 heavy (non-hydrogen) atoms. The maximum absolute atomic E-state index is 10.7. The second-order valence-corrected chi connectivity index (χ2v) is 10.2. The van der Waals surface area contributed by atoms with Crippen molar-refractivity contribution >= 4 is 16.1 Å². The van der Waals surface area contributed by atoms with Crippen LogP contribution < -0.4 is 25.9 Å². The minimum absolute atomic E-state index is 0.178. The Morgan fingerprint density at radius 1 is 0.897 bits per heavy atom. The van der Waals surface area contributed by atoms with Crippen LogP contribution in [0.5, 0.6) is 5.75 Å². The van der Waals surface area contributed by atoms with E-state index in [-0.39, 0.29) is 26.1 Å². The van der Waals surface area contributed by atoms with E-state index < -0.39 is 16.1 Å². The summed E-state index contributed by atoms with van der Waals surface area (Å²) in [4.78, 5) is 10.6. The zero-order chi connectivity index (χ0) is 21.4. The fourth-order valence-electron chi connectivity index (χ4n) is 2.12. The van der Waals surface area contributed by atoms with Crippen LogP contribution in [-0.2, 0) is 10.1 Å². The van der Waals surface area contributed by atoms with Crippen LogP contribution in [0.2, 0.25) is 0 Å². The monoisotopic (exact) mass is 526 g/mol. The number of benzene rings is 3. The minimum atomic E-state index is -4.27. The summed E-state index contributed by atoms with van der Waals surface area (Å²) in [5.41, 5.74) is 1.26. The summed E-state index contributed by atoms with van der Waals surface area (Å²) >= 11 is -0.270. The smallest absolute Gasteiger partial charge is 0.357 e. The molecule has 152 valence electrons. The van der Waals surface area contributed by atoms with Crippen molar-refractivity contribution in [1.29, 1.82) is 0 Å². The normalized spacial score (nSPS) is 10.6. The van der Waals surface area contributed by atoms with Crippen LogP contribution in [-0.4, -0.2) is 31.2 Å². The Morgan fingerprint density at radius 3 is 1.79 bits per heavy atom. The van der Waals surface area contributed by atoms with Crippen LogP contribution in [0.3, 0.4) is 0 Å². The molecule has 3 aromatic carbocycles. The summed E-state index contributed by atoms with van der Waals surface area (Å²) in [6, 6.07) is 20.9. The average Bonchev–Trinajstić information content (AvgIpc) is 2.69. The van der Waals surface area contributed by atoms with E-state index in [1.807, 2.05) is 31.2 Å². The molecule has 0 aromatic heterocycles. The molecule has 6 nitrogen and oxygen atoms in total. The van der Waals surface area contributed by atoms with Crippen molar-refractivity contribution in [2.75, 3.05) is 7.11 Å². The van der Waals surface area contributed by atoms with E-state index in [2.05, 4.69) is 12.1 Å². The fourth-order valence-corrected chi connectivity index (χ4v) is 4.75. The maximum Gasteiger partial charge on any atom is 0.357 e. The predicted molar refractivity (Wildman–Crippen MR) is 103 cm³/mol. The van der Waals surface area contributed by atoms with Gasteiger partial charge in [0.2, 0.25) is 0 Å². The van der Waals surface area contributed by atoms with Gasteiger partial charge in [0.25, 0.3) is 0 Å². The number of aryl methyl sites for hydroxylation is 1. The molecule has 8 heteroatoms. The van der Waals surface area contributed by atoms with Gasteiger partial charge in [0.15, 0.2) is 7.14 Å². The maximum atomic E-state index is 10.7. The predicted octanol–water partition coefficient (Wildman–Crippen LogP) is 0.421. The van der Waals surface area contributed by atoms with Crippen LogP contribution in [0, 0.1) is 14.1 Å². The topological polar surface area (TPSA) is 104 Å². The van der Waals surface area contributed by atoms with E-state index in [0.717, 1.165) is 11.3 Å². The summed E-state index contributed by atoms with van der Waals surface area (Å²) in [5.74, 6) is -0.0341. The fraction of sp³-hybridized carbons (Fsp3) is 0.0952. The van der Waals surface area contributed by atoms with Crippen LogP contribution in [0.15, 0.2) is 77.7 Å². The first kappa shape index (κ1) is 22.9. The van der Waals surface area contributed by atoms with Crippen molar-refractivity contribution in [1.82, 2.24) is 0 Å². The van der Waals surface area contributed by atoms with Crippen molar-refractivity contribution in [3.05, 3.63) is 91.1 Å². The van der Waals surface area contributed by atoms with Crippen LogP contribution in [0.25, 0.3) is 0 Å². The van der Waals surface area contributed by atoms with Crippen LogP contribution in [0.4, 0.5) is 0 Å². The highest BCUT2D eigenvalue weighted by Crippen LogP contribution is 2.08. The number of carboxylic acid groups (broad SMARTS) is 1. The van der Waals surface area contributed by atoms with Crippen molar-refractivity contribution in [2.24, 2.45) is 0 Å². The molecule has 0 atom stereocenters. The average molecular weight is 526 g/mol. The molecule has 0 heterocycles. The zero-order valence-electron chi connectivity index (χ0n) is 15.7. The SMILES string of the molecule is COc1ccc([I+]c2ccc(C(=O)O)cc2)cc1.Cc1ccc(S(=O)(=O)[O-])cc1. The molecule has 0 bridgehead atoms. The summed E-state index contributed by atoms with van der Waals surface area (Å²) < 4.78 is 38.7. The molecule has 0 saturated carbocycles. The van der Waals surface area contributed by atoms with Crippen molar-refractivity contribution < 1.29 is 48.8 Å². The van der Waals surface area contributed by atoms with E-state index in [9.17, 15) is 17.8 Å². The number of halogens is 1. The lowest BCUT2D eigenvalue weighted by Crippen LogP contribution is -3.61. The van der Waals surface area contributed by atoms with E-state index >= 15 is 0 Å². The number of aromatic carboxylic acids is 1. The molecule has 0 radical (unpaired) electrons. The van der Waals surface area contributed by atoms with Gasteiger partial charge in [-0.3, -0.25) is 0 Å². The molecule has 3 rings (SSSR count). The Morgan fingerprint density at radius 2 is 1.38 bits per heavy atom. The number of carbonyl (C=O) groups is 1. The summed E-state index contributed by atoms with van der Waals surface area (Å²) in [7, 11) is -2.62. The minimum Gasteiger partial charge on any atom is -0.744 e. The van der Waals surface area contributed by atoms with E-state index in [0.29, 0.717) is 5.56 Å². The first-order valence-electron chi connectivity index (χ1n) is 8.34. The summed E-state index contributed by atoms with van der Waals surface area (Å²) in [5, 5.41) is 8.82. The molecule has 0 aliphatic heterocycles. The molecular weight excluding hydrogens is 507 g/mol. The lowest BCUT2D eigenvalue weighted by molar-refractivity contribution is -0.597. The van der Waals surface area contributed by atoms with Gasteiger partial charge < -0.3 is 14.4 Å². The summed E-state index contributed by atoms with van der Waals surface area (Å²) in [6.45, 7) is 1.82. The number of hydrogen-bond donors (Lipinski definition) is 1. The Kier molecular flexibility index (Phi) is 8.18. The van der Waals surface area contributed by atoms with Crippen molar-refractivity contribution in [3.8, 4) is 5.75 Å². The molecule has 0 aliphatic carbocycles. The van der Waals surface area contributed by atoms with Gasteiger partial charge in [-0.25, -0.2) is 13.2 Å². The summed E-state index contributed by atoms with van der Waals surface area (Å²) in [6.07, 6.45) is 0. The zero-order valence-corrected chi connectivity index (χ0v) is 18.7. The molecule has 0 unspecified atom stereocenters. The highest BCUT2D eigenvalue weighted by Gasteiger charge is 2.16. The third kappa shape index (κ3) is 7.48. The standard InChI is InChI=1S/C14H11IO3.C7H8O3S/c1-18-13-8-6-12(7-9-13)15-11-4-2-10(3-5-11)14(16)17;1-6-2-4-7(5-3-6)11(8,9)10/h2-9H,1H3;2-5H,1H3,(H,8,9,10). The Labute approximate surface area is 180 Å². The Bertz CT molecular complexity index is 1040. The number of methoxy groups -OCH3 is 1. The molecule has 0 aliphatic rings. The van der Waals surface area contributed by atoms with Gasteiger partial charge in [-0.1, -0.05) is 17.7 Å². The van der Waals surface area contributed by atoms with Gasteiger partial charge in [0.1, 0.15) is 15.9 Å². The van der Waals surface area contributed by atoms with E-state index in [4.69, 9.17) is 9.84 Å². The van der Waals surface area contributed by atoms with Gasteiger partial charge in [-0.15, -0.1) is 0 Å². The van der Waals surface area contributed by atoms with Gasteiger partial charge in [0, 0.05) is 0 Å². The first-order chi connectivity index (χ1) is 13.7. The molecule has 0 fully saturated rings. The van der Waals surface area contributed by atoms with E-state index in [1.54, 1.807) is 31.4 Å². The number of ether oxygens (including phenoxy) is 1. The molecule has 0 amide bonds.